The van der Waals surface area contributed by atoms with E-state index in [9.17, 15) is 13.6 Å². The molecule has 1 aromatic carbocycles. The van der Waals surface area contributed by atoms with E-state index in [0.717, 1.165) is 0 Å². The lowest BCUT2D eigenvalue weighted by Crippen LogP contribution is -2.22. The first-order valence-electron chi connectivity index (χ1n) is 5.04. The number of carbonyl (C=O) groups is 1. The summed E-state index contributed by atoms with van der Waals surface area (Å²) in [6, 6.07) is 3.89. The van der Waals surface area contributed by atoms with Gasteiger partial charge in [-0.3, -0.25) is 4.79 Å². The van der Waals surface area contributed by atoms with Crippen LogP contribution >= 0.6 is 11.6 Å². The summed E-state index contributed by atoms with van der Waals surface area (Å²) in [7, 11) is 0. The Morgan fingerprint density at radius 1 is 1.47 bits per heavy atom. The Kier molecular flexibility index (Phi) is 4.09. The minimum Gasteiger partial charge on any atom is -0.481 e. The number of halogens is 3. The van der Waals surface area contributed by atoms with E-state index in [1.54, 1.807) is 13.8 Å². The molecule has 2 nitrogen and oxygen atoms in total. The molecule has 1 aromatic rings. The summed E-state index contributed by atoms with van der Waals surface area (Å²) < 4.78 is 25.1. The average molecular weight is 263 g/mol. The smallest absolute Gasteiger partial charge is 0.304 e. The molecule has 94 valence electrons. The van der Waals surface area contributed by atoms with Gasteiger partial charge in [-0.05, 0) is 17.7 Å². The summed E-state index contributed by atoms with van der Waals surface area (Å²) in [5.74, 6) is -0.992. The summed E-state index contributed by atoms with van der Waals surface area (Å²) in [6.45, 7) is 3.33. The molecule has 1 N–H and O–H groups in total. The van der Waals surface area contributed by atoms with Crippen molar-refractivity contribution in [2.75, 3.05) is 0 Å². The SMILES string of the molecule is CC(C)(CC(=O)O)c1cc(C(F)F)ccc1Cl. The van der Waals surface area contributed by atoms with Crippen molar-refractivity contribution in [3.8, 4) is 0 Å². The van der Waals surface area contributed by atoms with Crippen LogP contribution < -0.4 is 0 Å². The van der Waals surface area contributed by atoms with Crippen molar-refractivity contribution >= 4 is 17.6 Å². The van der Waals surface area contributed by atoms with Gasteiger partial charge in [0.15, 0.2) is 0 Å². The van der Waals surface area contributed by atoms with Gasteiger partial charge in [-0.15, -0.1) is 0 Å². The van der Waals surface area contributed by atoms with E-state index in [1.807, 2.05) is 0 Å². The van der Waals surface area contributed by atoms with Gasteiger partial charge in [0.2, 0.25) is 0 Å². The molecule has 0 amide bonds. The lowest BCUT2D eigenvalue weighted by Gasteiger charge is -2.25. The molecule has 0 fully saturated rings. The van der Waals surface area contributed by atoms with Gasteiger partial charge in [-0.1, -0.05) is 31.5 Å². The normalized spacial score (nSPS) is 11.9. The van der Waals surface area contributed by atoms with Crippen LogP contribution in [0.4, 0.5) is 8.78 Å². The highest BCUT2D eigenvalue weighted by Gasteiger charge is 2.27. The summed E-state index contributed by atoms with van der Waals surface area (Å²) in [6.07, 6.45) is -2.76. The molecule has 0 aliphatic heterocycles. The first-order valence-corrected chi connectivity index (χ1v) is 5.41. The van der Waals surface area contributed by atoms with E-state index < -0.39 is 17.8 Å². The molecule has 0 saturated heterocycles. The van der Waals surface area contributed by atoms with Crippen LogP contribution in [0.25, 0.3) is 0 Å². The molecule has 0 aliphatic carbocycles. The van der Waals surface area contributed by atoms with E-state index in [2.05, 4.69) is 0 Å². The van der Waals surface area contributed by atoms with Gasteiger partial charge in [0.1, 0.15) is 0 Å². The quantitative estimate of drug-likeness (QED) is 0.889. The molecular weight excluding hydrogens is 250 g/mol. The fourth-order valence-corrected chi connectivity index (χ4v) is 2.04. The topological polar surface area (TPSA) is 37.3 Å². The fourth-order valence-electron chi connectivity index (χ4n) is 1.67. The second-order valence-electron chi connectivity index (χ2n) is 4.49. The highest BCUT2D eigenvalue weighted by molar-refractivity contribution is 6.31. The van der Waals surface area contributed by atoms with Crippen LogP contribution in [0.3, 0.4) is 0 Å². The minimum atomic E-state index is -2.59. The number of rotatable bonds is 4. The second kappa shape index (κ2) is 5.00. The zero-order chi connectivity index (χ0) is 13.2. The largest absolute Gasteiger partial charge is 0.481 e. The third-order valence-corrected chi connectivity index (χ3v) is 2.89. The van der Waals surface area contributed by atoms with Crippen LogP contribution in [0.15, 0.2) is 18.2 Å². The Labute approximate surface area is 103 Å². The third-order valence-electron chi connectivity index (χ3n) is 2.56. The van der Waals surface area contributed by atoms with Gasteiger partial charge in [-0.2, -0.15) is 0 Å². The predicted octanol–water partition coefficient (Wildman–Crippen LogP) is 4.03. The molecule has 0 aromatic heterocycles. The Hall–Kier alpha value is -1.16. The van der Waals surface area contributed by atoms with Crippen LogP contribution in [0.5, 0.6) is 0 Å². The summed E-state index contributed by atoms with van der Waals surface area (Å²) in [4.78, 5) is 10.7. The maximum atomic E-state index is 12.6. The number of carboxylic acids is 1. The molecule has 0 bridgehead atoms. The summed E-state index contributed by atoms with van der Waals surface area (Å²) in [5, 5.41) is 9.09. The number of aliphatic carboxylic acids is 1. The summed E-state index contributed by atoms with van der Waals surface area (Å²) in [5.41, 5.74) is -0.504. The van der Waals surface area contributed by atoms with Gasteiger partial charge < -0.3 is 5.11 Å². The molecule has 0 radical (unpaired) electrons. The van der Waals surface area contributed by atoms with Crippen LogP contribution in [0.1, 0.15) is 37.8 Å². The van der Waals surface area contributed by atoms with Crippen LogP contribution in [-0.2, 0) is 10.2 Å². The third kappa shape index (κ3) is 3.40. The highest BCUT2D eigenvalue weighted by atomic mass is 35.5. The molecular formula is C12H13ClF2O2. The average Bonchev–Trinajstić information content (AvgIpc) is 2.15. The molecule has 0 spiro atoms. The molecule has 0 aliphatic rings. The Morgan fingerprint density at radius 2 is 2.06 bits per heavy atom. The lowest BCUT2D eigenvalue weighted by atomic mass is 9.81. The van der Waals surface area contributed by atoms with Crippen LogP contribution in [0, 0.1) is 0 Å². The van der Waals surface area contributed by atoms with Gasteiger partial charge >= 0.3 is 5.97 Å². The molecule has 0 saturated carbocycles. The Balaban J connectivity index is 3.19. The van der Waals surface area contributed by atoms with E-state index in [0.29, 0.717) is 10.6 Å². The molecule has 0 unspecified atom stereocenters. The van der Waals surface area contributed by atoms with E-state index in [-0.39, 0.29) is 12.0 Å². The van der Waals surface area contributed by atoms with Crippen molar-refractivity contribution in [3.05, 3.63) is 34.3 Å². The number of carboxylic acid groups (broad SMARTS) is 1. The minimum absolute atomic E-state index is 0.150. The molecule has 5 heteroatoms. The number of benzene rings is 1. The molecule has 0 atom stereocenters. The molecule has 0 heterocycles. The Bertz CT molecular complexity index is 431. The van der Waals surface area contributed by atoms with Crippen molar-refractivity contribution in [1.29, 1.82) is 0 Å². The maximum absolute atomic E-state index is 12.6. The maximum Gasteiger partial charge on any atom is 0.304 e. The van der Waals surface area contributed by atoms with E-state index >= 15 is 0 Å². The Morgan fingerprint density at radius 3 is 2.53 bits per heavy atom. The van der Waals surface area contributed by atoms with E-state index in [1.165, 1.54) is 18.2 Å². The molecule has 1 rings (SSSR count). The lowest BCUT2D eigenvalue weighted by molar-refractivity contribution is -0.138. The van der Waals surface area contributed by atoms with E-state index in [4.69, 9.17) is 16.7 Å². The predicted molar refractivity (Wildman–Crippen MR) is 61.7 cm³/mol. The first kappa shape index (κ1) is 13.9. The van der Waals surface area contributed by atoms with Crippen molar-refractivity contribution in [3.63, 3.8) is 0 Å². The van der Waals surface area contributed by atoms with Crippen LogP contribution in [0.2, 0.25) is 5.02 Å². The summed E-state index contributed by atoms with van der Waals surface area (Å²) >= 11 is 5.93. The van der Waals surface area contributed by atoms with Crippen molar-refractivity contribution in [1.82, 2.24) is 0 Å². The van der Waals surface area contributed by atoms with Gasteiger partial charge in [-0.25, -0.2) is 8.78 Å². The van der Waals surface area contributed by atoms with Crippen molar-refractivity contribution < 1.29 is 18.7 Å². The molecule has 17 heavy (non-hydrogen) atoms. The first-order chi connectivity index (χ1) is 7.74. The van der Waals surface area contributed by atoms with Gasteiger partial charge in [0, 0.05) is 16.0 Å². The van der Waals surface area contributed by atoms with Gasteiger partial charge in [0.05, 0.1) is 6.42 Å². The van der Waals surface area contributed by atoms with Crippen molar-refractivity contribution in [2.24, 2.45) is 0 Å². The number of alkyl halides is 2. The fraction of sp³-hybridized carbons (Fsp3) is 0.417. The monoisotopic (exact) mass is 262 g/mol. The zero-order valence-corrected chi connectivity index (χ0v) is 10.3. The standard InChI is InChI=1S/C12H13ClF2O2/c1-12(2,6-10(16)17)8-5-7(11(14)15)3-4-9(8)13/h3-5,11H,6H2,1-2H3,(H,16,17). The van der Waals surface area contributed by atoms with Gasteiger partial charge in [0.25, 0.3) is 6.43 Å². The van der Waals surface area contributed by atoms with Crippen LogP contribution in [-0.4, -0.2) is 11.1 Å². The van der Waals surface area contributed by atoms with Crippen molar-refractivity contribution in [2.45, 2.75) is 32.1 Å². The number of hydrogen-bond acceptors (Lipinski definition) is 1. The highest BCUT2D eigenvalue weighted by Crippen LogP contribution is 2.35. The zero-order valence-electron chi connectivity index (χ0n) is 9.51. The number of hydrogen-bond donors (Lipinski definition) is 1. The second-order valence-corrected chi connectivity index (χ2v) is 4.90.